The largest absolute Gasteiger partial charge is 0.495 e. The van der Waals surface area contributed by atoms with E-state index in [9.17, 15) is 5.11 Å². The first-order valence-electron chi connectivity index (χ1n) is 7.85. The van der Waals surface area contributed by atoms with Crippen molar-refractivity contribution in [2.75, 3.05) is 25.6 Å². The monoisotopic (exact) mass is 293 g/mol. The maximum atomic E-state index is 10.0. The molecule has 0 aromatic heterocycles. The number of rotatable bonds is 7. The average molecular weight is 293 g/mol. The van der Waals surface area contributed by atoms with E-state index in [1.165, 1.54) is 12.8 Å². The van der Waals surface area contributed by atoms with Crippen LogP contribution in [0.3, 0.4) is 0 Å². The molecule has 1 saturated carbocycles. The number of hydrogen-bond acceptors (Lipinski definition) is 4. The van der Waals surface area contributed by atoms with Crippen molar-refractivity contribution in [3.63, 3.8) is 0 Å². The number of aliphatic hydroxyl groups is 1. The van der Waals surface area contributed by atoms with Gasteiger partial charge in [0.1, 0.15) is 5.75 Å². The second-order valence-corrected chi connectivity index (χ2v) is 5.96. The third-order valence-corrected chi connectivity index (χ3v) is 4.05. The summed E-state index contributed by atoms with van der Waals surface area (Å²) in [6.45, 7) is 3.12. The van der Waals surface area contributed by atoms with Crippen LogP contribution in [0, 0.1) is 5.92 Å². The van der Waals surface area contributed by atoms with E-state index in [2.05, 4.69) is 12.2 Å². The van der Waals surface area contributed by atoms with Gasteiger partial charge < -0.3 is 19.9 Å². The lowest BCUT2D eigenvalue weighted by molar-refractivity contribution is -0.0274. The zero-order valence-corrected chi connectivity index (χ0v) is 13.0. The molecule has 1 fully saturated rings. The predicted octanol–water partition coefficient (Wildman–Crippen LogP) is 3.06. The molecule has 0 aliphatic heterocycles. The fraction of sp³-hybridized carbons (Fsp3) is 0.647. The Morgan fingerprint density at radius 3 is 2.90 bits per heavy atom. The molecule has 0 amide bonds. The highest BCUT2D eigenvalue weighted by Crippen LogP contribution is 2.26. The molecule has 2 rings (SSSR count). The highest BCUT2D eigenvalue weighted by Gasteiger charge is 2.20. The third-order valence-electron chi connectivity index (χ3n) is 4.05. The van der Waals surface area contributed by atoms with Gasteiger partial charge in [-0.3, -0.25) is 0 Å². The number of methoxy groups -OCH3 is 1. The standard InChI is InChI=1S/C17H27NO3/c1-13-6-5-7-15(10-13)21-12-14(19)11-18-16-8-3-4-9-17(16)20-2/h3-4,8-9,13-15,18-19H,5-7,10-12H2,1-2H3. The first kappa shape index (κ1) is 16.1. The van der Waals surface area contributed by atoms with E-state index in [1.807, 2.05) is 24.3 Å². The van der Waals surface area contributed by atoms with Crippen molar-refractivity contribution in [1.82, 2.24) is 0 Å². The number of para-hydroxylation sites is 2. The number of ether oxygens (including phenoxy) is 2. The smallest absolute Gasteiger partial charge is 0.141 e. The molecule has 0 bridgehead atoms. The zero-order chi connectivity index (χ0) is 15.1. The number of anilines is 1. The Morgan fingerprint density at radius 2 is 2.14 bits per heavy atom. The average Bonchev–Trinajstić information content (AvgIpc) is 2.51. The summed E-state index contributed by atoms with van der Waals surface area (Å²) >= 11 is 0. The molecule has 4 heteroatoms. The SMILES string of the molecule is COc1ccccc1NCC(O)COC1CCCC(C)C1. The summed E-state index contributed by atoms with van der Waals surface area (Å²) in [5.41, 5.74) is 0.894. The van der Waals surface area contributed by atoms with Gasteiger partial charge in [-0.1, -0.05) is 31.9 Å². The van der Waals surface area contributed by atoms with Gasteiger partial charge in [0.2, 0.25) is 0 Å². The van der Waals surface area contributed by atoms with E-state index < -0.39 is 6.10 Å². The summed E-state index contributed by atoms with van der Waals surface area (Å²) in [7, 11) is 1.64. The highest BCUT2D eigenvalue weighted by molar-refractivity contribution is 5.56. The van der Waals surface area contributed by atoms with E-state index in [0.717, 1.165) is 30.2 Å². The first-order chi connectivity index (χ1) is 10.2. The van der Waals surface area contributed by atoms with Crippen LogP contribution < -0.4 is 10.1 Å². The van der Waals surface area contributed by atoms with E-state index in [-0.39, 0.29) is 0 Å². The molecule has 1 aromatic carbocycles. The van der Waals surface area contributed by atoms with Gasteiger partial charge in [-0.2, -0.15) is 0 Å². The molecule has 0 saturated heterocycles. The van der Waals surface area contributed by atoms with Crippen LogP contribution in [0.1, 0.15) is 32.6 Å². The quantitative estimate of drug-likeness (QED) is 0.811. The molecular formula is C17H27NO3. The summed E-state index contributed by atoms with van der Waals surface area (Å²) in [4.78, 5) is 0. The maximum Gasteiger partial charge on any atom is 0.141 e. The Morgan fingerprint density at radius 1 is 1.33 bits per heavy atom. The van der Waals surface area contributed by atoms with Crippen molar-refractivity contribution in [3.8, 4) is 5.75 Å². The number of nitrogens with one attached hydrogen (secondary N) is 1. The fourth-order valence-electron chi connectivity index (χ4n) is 2.85. The minimum absolute atomic E-state index is 0.315. The lowest BCUT2D eigenvalue weighted by Gasteiger charge is -2.27. The molecule has 0 radical (unpaired) electrons. The summed E-state index contributed by atoms with van der Waals surface area (Å²) in [6, 6.07) is 7.70. The van der Waals surface area contributed by atoms with Crippen molar-refractivity contribution < 1.29 is 14.6 Å². The van der Waals surface area contributed by atoms with Gasteiger partial charge in [-0.05, 0) is 30.9 Å². The number of benzene rings is 1. The molecular weight excluding hydrogens is 266 g/mol. The van der Waals surface area contributed by atoms with Gasteiger partial charge in [-0.15, -0.1) is 0 Å². The van der Waals surface area contributed by atoms with Gasteiger partial charge >= 0.3 is 0 Å². The van der Waals surface area contributed by atoms with Crippen LogP contribution in [0.5, 0.6) is 5.75 Å². The molecule has 118 valence electrons. The van der Waals surface area contributed by atoms with E-state index in [1.54, 1.807) is 7.11 Å². The zero-order valence-electron chi connectivity index (χ0n) is 13.0. The van der Waals surface area contributed by atoms with Crippen molar-refractivity contribution in [3.05, 3.63) is 24.3 Å². The van der Waals surface area contributed by atoms with Crippen LogP contribution in [0.15, 0.2) is 24.3 Å². The molecule has 21 heavy (non-hydrogen) atoms. The van der Waals surface area contributed by atoms with E-state index >= 15 is 0 Å². The Balaban J connectivity index is 1.70. The van der Waals surface area contributed by atoms with Crippen LogP contribution in [0.4, 0.5) is 5.69 Å². The first-order valence-corrected chi connectivity index (χ1v) is 7.85. The molecule has 4 nitrogen and oxygen atoms in total. The van der Waals surface area contributed by atoms with Crippen LogP contribution in [-0.2, 0) is 4.74 Å². The topological polar surface area (TPSA) is 50.7 Å². The molecule has 2 N–H and O–H groups in total. The Bertz CT molecular complexity index is 424. The maximum absolute atomic E-state index is 10.0. The lowest BCUT2D eigenvalue weighted by atomic mass is 9.89. The van der Waals surface area contributed by atoms with Crippen molar-refractivity contribution >= 4 is 5.69 Å². The minimum Gasteiger partial charge on any atom is -0.495 e. The molecule has 1 aliphatic carbocycles. The van der Waals surface area contributed by atoms with Gasteiger partial charge in [-0.25, -0.2) is 0 Å². The Kier molecular flexibility index (Phi) is 6.33. The van der Waals surface area contributed by atoms with E-state index in [4.69, 9.17) is 9.47 Å². The van der Waals surface area contributed by atoms with E-state index in [0.29, 0.717) is 19.3 Å². The van der Waals surface area contributed by atoms with Crippen molar-refractivity contribution in [1.29, 1.82) is 0 Å². The van der Waals surface area contributed by atoms with Gasteiger partial charge in [0.05, 0.1) is 31.6 Å². The van der Waals surface area contributed by atoms with Crippen LogP contribution in [0.25, 0.3) is 0 Å². The summed E-state index contributed by atoms with van der Waals surface area (Å²) in [6.07, 6.45) is 4.59. The summed E-state index contributed by atoms with van der Waals surface area (Å²) in [5.74, 6) is 1.53. The molecule has 3 unspecified atom stereocenters. The Hall–Kier alpha value is -1.26. The molecule has 0 heterocycles. The molecule has 1 aliphatic rings. The van der Waals surface area contributed by atoms with Crippen molar-refractivity contribution in [2.45, 2.75) is 44.8 Å². The highest BCUT2D eigenvalue weighted by atomic mass is 16.5. The van der Waals surface area contributed by atoms with Gasteiger partial charge in [0, 0.05) is 6.54 Å². The number of aliphatic hydroxyl groups excluding tert-OH is 1. The molecule has 3 atom stereocenters. The second-order valence-electron chi connectivity index (χ2n) is 5.96. The molecule has 0 spiro atoms. The minimum atomic E-state index is -0.507. The van der Waals surface area contributed by atoms with Crippen LogP contribution >= 0.6 is 0 Å². The third kappa shape index (κ3) is 5.21. The second kappa shape index (κ2) is 8.25. The van der Waals surface area contributed by atoms with Gasteiger partial charge in [0.25, 0.3) is 0 Å². The van der Waals surface area contributed by atoms with Crippen molar-refractivity contribution in [2.24, 2.45) is 5.92 Å². The summed E-state index contributed by atoms with van der Waals surface area (Å²) < 4.78 is 11.1. The van der Waals surface area contributed by atoms with Crippen LogP contribution in [0.2, 0.25) is 0 Å². The normalized spacial score (nSPS) is 23.6. The van der Waals surface area contributed by atoms with Crippen LogP contribution in [-0.4, -0.2) is 37.6 Å². The summed E-state index contributed by atoms with van der Waals surface area (Å²) in [5, 5.41) is 13.2. The van der Waals surface area contributed by atoms with Gasteiger partial charge in [0.15, 0.2) is 0 Å². The predicted molar refractivity (Wildman–Crippen MR) is 84.9 cm³/mol. The molecule has 1 aromatic rings. The fourth-order valence-corrected chi connectivity index (χ4v) is 2.85. The Labute approximate surface area is 127 Å². The lowest BCUT2D eigenvalue weighted by Crippen LogP contribution is -2.30. The number of hydrogen-bond donors (Lipinski definition) is 2.